The number of rotatable bonds is 4. The Hall–Kier alpha value is -4.94. The molecule has 43 heavy (non-hydrogen) atoms. The maximum atomic E-state index is 2.42. The smallest absolute Gasteiger partial charge is 0.00928 e. The molecule has 7 aromatic rings. The Morgan fingerprint density at radius 3 is 1.65 bits per heavy atom. The molecule has 0 spiro atoms. The summed E-state index contributed by atoms with van der Waals surface area (Å²) in [6.45, 7) is 8.86. The summed E-state index contributed by atoms with van der Waals surface area (Å²) < 4.78 is 0. The first kappa shape index (κ1) is 26.9. The number of hydrogen-bond donors (Lipinski definition) is 0. The molecule has 0 aliphatic heterocycles. The van der Waals surface area contributed by atoms with Gasteiger partial charge in [-0.3, -0.25) is 0 Å². The lowest BCUT2D eigenvalue weighted by Crippen LogP contribution is -1.90. The van der Waals surface area contributed by atoms with E-state index in [1.807, 2.05) is 0 Å². The zero-order valence-corrected chi connectivity index (χ0v) is 25.4. The minimum Gasteiger partial charge on any atom is -0.0616 e. The van der Waals surface area contributed by atoms with Crippen LogP contribution in [0.1, 0.15) is 36.5 Å². The molecule has 0 saturated carbocycles. The molecule has 0 amide bonds. The zero-order valence-electron chi connectivity index (χ0n) is 25.4. The van der Waals surface area contributed by atoms with Crippen LogP contribution in [0, 0.1) is 13.8 Å². The van der Waals surface area contributed by atoms with E-state index in [-0.39, 0.29) is 0 Å². The molecule has 0 aromatic heterocycles. The number of aryl methyl sites for hydroxylation is 2. The lowest BCUT2D eigenvalue weighted by molar-refractivity contribution is 0.868. The summed E-state index contributed by atoms with van der Waals surface area (Å²) in [7, 11) is 0. The predicted molar refractivity (Wildman–Crippen MR) is 188 cm³/mol. The van der Waals surface area contributed by atoms with Crippen LogP contribution in [-0.4, -0.2) is 0 Å². The SMILES string of the molecule is Cc1ccc(-c2cc(C(C)C)cccc3c(-c4ccc(C)cc4)cc(-c4ccc5ccccc5c4)c4ccc2cc34)cc1. The van der Waals surface area contributed by atoms with E-state index in [0.717, 1.165) is 0 Å². The third kappa shape index (κ3) is 5.15. The van der Waals surface area contributed by atoms with Gasteiger partial charge in [-0.25, -0.2) is 0 Å². The molecule has 0 aliphatic rings. The molecular weight excluding hydrogens is 516 g/mol. The van der Waals surface area contributed by atoms with Crippen LogP contribution in [0.25, 0.3) is 65.7 Å². The van der Waals surface area contributed by atoms with Crippen molar-refractivity contribution >= 4 is 32.3 Å². The highest BCUT2D eigenvalue weighted by molar-refractivity contribution is 6.14. The lowest BCUT2D eigenvalue weighted by atomic mass is 9.87. The minimum atomic E-state index is 0.402. The van der Waals surface area contributed by atoms with Crippen molar-refractivity contribution in [3.8, 4) is 33.4 Å². The minimum absolute atomic E-state index is 0.402. The van der Waals surface area contributed by atoms with Gasteiger partial charge < -0.3 is 0 Å². The molecule has 0 unspecified atom stereocenters. The average molecular weight is 553 g/mol. The molecule has 0 fully saturated rings. The van der Waals surface area contributed by atoms with E-state index in [1.54, 1.807) is 0 Å². The van der Waals surface area contributed by atoms with Crippen LogP contribution in [0.5, 0.6) is 0 Å². The van der Waals surface area contributed by atoms with Crippen molar-refractivity contribution in [2.45, 2.75) is 33.6 Å². The van der Waals surface area contributed by atoms with Gasteiger partial charge in [-0.2, -0.15) is 0 Å². The number of hydrogen-bond acceptors (Lipinski definition) is 0. The molecule has 7 aromatic carbocycles. The lowest BCUT2D eigenvalue weighted by Gasteiger charge is -2.16. The van der Waals surface area contributed by atoms with Crippen LogP contribution < -0.4 is 0 Å². The highest BCUT2D eigenvalue weighted by Crippen LogP contribution is 2.41. The molecule has 0 aliphatic carbocycles. The molecule has 0 atom stereocenters. The summed E-state index contributed by atoms with van der Waals surface area (Å²) >= 11 is 0. The highest BCUT2D eigenvalue weighted by Gasteiger charge is 2.14. The van der Waals surface area contributed by atoms with E-state index < -0.39 is 0 Å². The number of benzene rings is 6. The summed E-state index contributed by atoms with van der Waals surface area (Å²) in [5.74, 6) is 0.402. The fourth-order valence-electron chi connectivity index (χ4n) is 6.26. The molecule has 0 heteroatoms. The molecule has 0 N–H and O–H groups in total. The van der Waals surface area contributed by atoms with Crippen molar-refractivity contribution in [1.29, 1.82) is 0 Å². The monoisotopic (exact) mass is 552 g/mol. The van der Waals surface area contributed by atoms with Crippen LogP contribution in [0.4, 0.5) is 0 Å². The first-order chi connectivity index (χ1) is 20.9. The number of fused-ring (bicyclic) bond motifs is 2. The third-order valence-electron chi connectivity index (χ3n) is 8.80. The molecular formula is C43H36. The Morgan fingerprint density at radius 2 is 0.953 bits per heavy atom. The van der Waals surface area contributed by atoms with Crippen molar-refractivity contribution < 1.29 is 0 Å². The Balaban J connectivity index is 1.62. The van der Waals surface area contributed by atoms with E-state index >= 15 is 0 Å². The van der Waals surface area contributed by atoms with Crippen LogP contribution >= 0.6 is 0 Å². The first-order valence-electron chi connectivity index (χ1n) is 15.3. The fraction of sp³-hybridized carbons (Fsp3) is 0.116. The first-order valence-corrected chi connectivity index (χ1v) is 15.3. The van der Waals surface area contributed by atoms with Gasteiger partial charge >= 0.3 is 0 Å². The van der Waals surface area contributed by atoms with Crippen LogP contribution in [0.2, 0.25) is 0 Å². The third-order valence-corrected chi connectivity index (χ3v) is 8.80. The van der Waals surface area contributed by atoms with Gasteiger partial charge in [0.25, 0.3) is 0 Å². The summed E-state index contributed by atoms with van der Waals surface area (Å²) in [5, 5.41) is 7.57. The van der Waals surface area contributed by atoms with Gasteiger partial charge in [0.15, 0.2) is 0 Å². The molecule has 2 bridgehead atoms. The van der Waals surface area contributed by atoms with E-state index in [1.165, 1.54) is 82.4 Å². The highest BCUT2D eigenvalue weighted by atomic mass is 14.2. The van der Waals surface area contributed by atoms with Crippen molar-refractivity contribution in [2.75, 3.05) is 0 Å². The maximum absolute atomic E-state index is 2.42. The standard InChI is InChI=1S/C43H36/c1-28(2)34-10-7-11-38-41(33-18-14-30(4)15-19-33)27-42(36-21-20-31-8-5-6-9-35(31)24-36)39-23-22-37(26-43(38)39)40(25-34)32-16-12-29(3)13-17-32/h5-28H,1-4H3. The van der Waals surface area contributed by atoms with Crippen molar-refractivity contribution in [2.24, 2.45) is 0 Å². The van der Waals surface area contributed by atoms with E-state index in [9.17, 15) is 0 Å². The fourth-order valence-corrected chi connectivity index (χ4v) is 6.26. The Labute approximate surface area is 254 Å². The van der Waals surface area contributed by atoms with E-state index in [2.05, 4.69) is 167 Å². The Kier molecular flexibility index (Phi) is 6.92. The molecule has 7 rings (SSSR count). The van der Waals surface area contributed by atoms with Crippen LogP contribution in [0.15, 0.2) is 140 Å². The Morgan fingerprint density at radius 1 is 0.372 bits per heavy atom. The van der Waals surface area contributed by atoms with Gasteiger partial charge in [0, 0.05) is 0 Å². The second-order valence-electron chi connectivity index (χ2n) is 12.2. The summed E-state index contributed by atoms with van der Waals surface area (Å²) in [4.78, 5) is 0. The maximum Gasteiger partial charge on any atom is -0.00928 e. The van der Waals surface area contributed by atoms with Crippen LogP contribution in [-0.2, 0) is 0 Å². The Bertz CT molecular complexity index is 2140. The van der Waals surface area contributed by atoms with Crippen molar-refractivity contribution in [3.05, 3.63) is 156 Å². The zero-order chi connectivity index (χ0) is 29.5. The van der Waals surface area contributed by atoms with Gasteiger partial charge in [0.05, 0.1) is 0 Å². The van der Waals surface area contributed by atoms with Gasteiger partial charge in [0.1, 0.15) is 0 Å². The second kappa shape index (κ2) is 11.0. The van der Waals surface area contributed by atoms with Gasteiger partial charge in [-0.15, -0.1) is 0 Å². The van der Waals surface area contributed by atoms with E-state index in [0.29, 0.717) is 5.92 Å². The summed E-state index contributed by atoms with van der Waals surface area (Å²) in [5.41, 5.74) is 11.4. The van der Waals surface area contributed by atoms with Crippen molar-refractivity contribution in [1.82, 2.24) is 0 Å². The van der Waals surface area contributed by atoms with Gasteiger partial charge in [-0.05, 0) is 109 Å². The predicted octanol–water partition coefficient (Wildman–Crippen LogP) is 12.4. The quantitative estimate of drug-likeness (QED) is 0.204. The van der Waals surface area contributed by atoms with Gasteiger partial charge in [-0.1, -0.05) is 146 Å². The molecule has 0 saturated heterocycles. The summed E-state index contributed by atoms with van der Waals surface area (Å²) in [6.07, 6.45) is 0. The summed E-state index contributed by atoms with van der Waals surface area (Å²) in [6, 6.07) is 52.2. The molecule has 0 nitrogen and oxygen atoms in total. The molecule has 0 heterocycles. The largest absolute Gasteiger partial charge is 0.0616 e. The molecule has 208 valence electrons. The molecule has 0 radical (unpaired) electrons. The normalized spacial score (nSPS) is 11.5. The van der Waals surface area contributed by atoms with Crippen molar-refractivity contribution in [3.63, 3.8) is 0 Å². The van der Waals surface area contributed by atoms with E-state index in [4.69, 9.17) is 0 Å². The topological polar surface area (TPSA) is 0 Å². The second-order valence-corrected chi connectivity index (χ2v) is 12.2. The van der Waals surface area contributed by atoms with Gasteiger partial charge in [0.2, 0.25) is 0 Å². The average Bonchev–Trinajstić information content (AvgIpc) is 3.03. The van der Waals surface area contributed by atoms with Crippen LogP contribution in [0.3, 0.4) is 0 Å².